The topological polar surface area (TPSA) is 186 Å². The van der Waals surface area contributed by atoms with Crippen LogP contribution in [0.3, 0.4) is 0 Å². The smallest absolute Gasteiger partial charge is 0.327 e. The highest BCUT2D eigenvalue weighted by Crippen LogP contribution is 2.36. The second kappa shape index (κ2) is 16.7. The van der Waals surface area contributed by atoms with Gasteiger partial charge in [0.2, 0.25) is 11.8 Å². The van der Waals surface area contributed by atoms with Gasteiger partial charge in [0.1, 0.15) is 24.0 Å². The van der Waals surface area contributed by atoms with Gasteiger partial charge in [0.05, 0.1) is 59.4 Å². The number of imidazole rings is 1. The molecule has 3 N–H and O–H groups in total. The van der Waals surface area contributed by atoms with E-state index in [0.29, 0.717) is 34.8 Å². The molecule has 62 heavy (non-hydrogen) atoms. The summed E-state index contributed by atoms with van der Waals surface area (Å²) < 4.78 is 44.9. The zero-order valence-electron chi connectivity index (χ0n) is 34.0. The molecule has 10 rings (SSSR count). The van der Waals surface area contributed by atoms with Crippen LogP contribution in [-0.2, 0) is 19.1 Å². The van der Waals surface area contributed by atoms with Crippen molar-refractivity contribution in [2.24, 2.45) is 5.92 Å². The van der Waals surface area contributed by atoms with Crippen LogP contribution in [0.1, 0.15) is 97.9 Å². The molecule has 3 atom stereocenters. The summed E-state index contributed by atoms with van der Waals surface area (Å²) in [5, 5.41) is 13.6. The van der Waals surface area contributed by atoms with Crippen LogP contribution >= 0.6 is 0 Å². The Morgan fingerprint density at radius 1 is 1.05 bits per heavy atom. The lowest BCUT2D eigenvalue weighted by Gasteiger charge is -2.36. The maximum absolute atomic E-state index is 14.3. The lowest BCUT2D eigenvalue weighted by Crippen LogP contribution is -2.43. The molecule has 0 radical (unpaired) electrons. The molecule has 1 saturated carbocycles. The minimum Gasteiger partial charge on any atom is -0.374 e. The van der Waals surface area contributed by atoms with Gasteiger partial charge in [-0.1, -0.05) is 17.9 Å². The summed E-state index contributed by atoms with van der Waals surface area (Å²) in [5.41, 5.74) is 1.38. The highest BCUT2D eigenvalue weighted by Gasteiger charge is 2.40. The summed E-state index contributed by atoms with van der Waals surface area (Å²) in [6, 6.07) is 6.64. The number of H-pyrrole nitrogens is 1. The number of fused-ring (bicyclic) bond motifs is 4. The standard InChI is InChI=1S/C43H47F2N11O6/c44-39(45)38-32(47-41(58)31-20-46-54-17-14-35(48-40(31)54)53-22-30-19-28(53)24-62-30)23-55(51-38)27-8-6-25(7-9-27)21-52-15-12-29(13-16-52)61-18-2-4-26-3-1-5-33-37(26)50-43(60)56(33)34-10-11-36(57)49-42(34)59/h1,3,5,14,17,20,23,25,27-30,34,39H,6-13,15-16,18-19,21-22,24H2,(H,47,58)(H,50,60)(H,49,57,59)/t25?,27?,28-,30-,34?/m1/s1. The van der Waals surface area contributed by atoms with Gasteiger partial charge in [0.15, 0.2) is 11.3 Å². The second-order valence-electron chi connectivity index (χ2n) is 17.0. The number of alkyl halides is 2. The molecule has 324 valence electrons. The van der Waals surface area contributed by atoms with E-state index >= 15 is 0 Å². The first-order valence-corrected chi connectivity index (χ1v) is 21.5. The third-order valence-electron chi connectivity index (χ3n) is 13.1. The number of nitrogens with one attached hydrogen (secondary N) is 3. The quantitative estimate of drug-likeness (QED) is 0.136. The van der Waals surface area contributed by atoms with Gasteiger partial charge in [-0.3, -0.25) is 28.9 Å². The van der Waals surface area contributed by atoms with Crippen LogP contribution in [-0.4, -0.2) is 114 Å². The molecule has 5 aromatic rings. The van der Waals surface area contributed by atoms with Gasteiger partial charge in [0, 0.05) is 45.0 Å². The number of carbonyl (C=O) groups is 3. The van der Waals surface area contributed by atoms with Crippen molar-refractivity contribution in [2.75, 3.05) is 49.6 Å². The van der Waals surface area contributed by atoms with E-state index in [9.17, 15) is 28.0 Å². The first kappa shape index (κ1) is 40.1. The Bertz CT molecular complexity index is 2650. The van der Waals surface area contributed by atoms with Gasteiger partial charge in [0.25, 0.3) is 12.3 Å². The number of imide groups is 1. The molecule has 3 amide bonds. The van der Waals surface area contributed by atoms with E-state index in [2.05, 4.69) is 47.5 Å². The monoisotopic (exact) mass is 851 g/mol. The number of hydrogen-bond acceptors (Lipinski definition) is 11. The fourth-order valence-electron chi connectivity index (χ4n) is 9.90. The number of para-hydroxylation sites is 1. The minimum atomic E-state index is -2.86. The van der Waals surface area contributed by atoms with Crippen LogP contribution in [0.2, 0.25) is 0 Å². The van der Waals surface area contributed by atoms with E-state index in [1.165, 1.54) is 21.5 Å². The summed E-state index contributed by atoms with van der Waals surface area (Å²) in [7, 11) is 0. The first-order valence-electron chi connectivity index (χ1n) is 21.5. The lowest BCUT2D eigenvalue weighted by molar-refractivity contribution is -0.135. The molecule has 1 aromatic carbocycles. The van der Waals surface area contributed by atoms with Crippen LogP contribution in [0.25, 0.3) is 16.7 Å². The number of nitrogens with zero attached hydrogens (tertiary/aromatic N) is 8. The minimum absolute atomic E-state index is 0.0110. The van der Waals surface area contributed by atoms with Crippen LogP contribution in [0.4, 0.5) is 20.3 Å². The third kappa shape index (κ3) is 7.86. The van der Waals surface area contributed by atoms with Gasteiger partial charge in [-0.25, -0.2) is 23.1 Å². The maximum Gasteiger partial charge on any atom is 0.327 e. The molecule has 17 nitrogen and oxygen atoms in total. The van der Waals surface area contributed by atoms with Crippen molar-refractivity contribution >= 4 is 45.9 Å². The molecule has 8 heterocycles. The molecule has 4 saturated heterocycles. The molecule has 2 bridgehead atoms. The Labute approximate surface area is 354 Å². The predicted molar refractivity (Wildman–Crippen MR) is 221 cm³/mol. The Hall–Kier alpha value is -5.97. The molecule has 1 aliphatic carbocycles. The van der Waals surface area contributed by atoms with Crippen molar-refractivity contribution < 1.29 is 32.6 Å². The Morgan fingerprint density at radius 2 is 1.89 bits per heavy atom. The number of benzene rings is 1. The first-order chi connectivity index (χ1) is 30.1. The highest BCUT2D eigenvalue weighted by atomic mass is 19.3. The lowest BCUT2D eigenvalue weighted by atomic mass is 9.85. The summed E-state index contributed by atoms with van der Waals surface area (Å²) in [6.45, 7) is 4.39. The summed E-state index contributed by atoms with van der Waals surface area (Å²) in [6.07, 6.45) is 8.71. The number of piperidine rings is 2. The average molecular weight is 852 g/mol. The zero-order chi connectivity index (χ0) is 42.5. The molecular formula is C43H47F2N11O6. The average Bonchev–Trinajstić information content (AvgIpc) is 4.12. The van der Waals surface area contributed by atoms with Gasteiger partial charge >= 0.3 is 5.69 Å². The third-order valence-corrected chi connectivity index (χ3v) is 13.1. The van der Waals surface area contributed by atoms with E-state index < -0.39 is 35.7 Å². The number of aromatic nitrogens is 7. The van der Waals surface area contributed by atoms with Crippen LogP contribution in [0, 0.1) is 17.8 Å². The Morgan fingerprint density at radius 3 is 2.65 bits per heavy atom. The Balaban J connectivity index is 0.695. The second-order valence-corrected chi connectivity index (χ2v) is 17.0. The van der Waals surface area contributed by atoms with Gasteiger partial charge in [-0.05, 0) is 75.5 Å². The van der Waals surface area contributed by atoms with Gasteiger partial charge in [-0.15, -0.1) is 0 Å². The molecule has 5 fully saturated rings. The van der Waals surface area contributed by atoms with E-state index in [4.69, 9.17) is 14.5 Å². The molecule has 0 spiro atoms. The molecular weight excluding hydrogens is 805 g/mol. The predicted octanol–water partition coefficient (Wildman–Crippen LogP) is 3.98. The van der Waals surface area contributed by atoms with Gasteiger partial charge in [-0.2, -0.15) is 10.2 Å². The van der Waals surface area contributed by atoms with Crippen molar-refractivity contribution in [2.45, 2.75) is 94.5 Å². The van der Waals surface area contributed by atoms with E-state index in [1.807, 2.05) is 12.1 Å². The maximum atomic E-state index is 14.3. The van der Waals surface area contributed by atoms with Crippen molar-refractivity contribution in [3.63, 3.8) is 0 Å². The SMILES string of the molecule is O=C1CCC(n2c(=O)[nH]c3c(C#CCOC4CCN(CC5CCC(n6cc(NC(=O)c7cnn8ccc(N9C[C@H]%10C[C@@H]9CO%10)nc78)c(C(F)F)n6)CC5)CC4)cccc32)C(=O)N1. The molecule has 5 aliphatic rings. The van der Waals surface area contributed by atoms with Crippen molar-refractivity contribution in [1.82, 2.24) is 44.1 Å². The van der Waals surface area contributed by atoms with E-state index in [1.54, 1.807) is 23.0 Å². The largest absolute Gasteiger partial charge is 0.374 e. The summed E-state index contributed by atoms with van der Waals surface area (Å²) in [4.78, 5) is 62.7. The number of halogens is 2. The van der Waals surface area contributed by atoms with E-state index in [-0.39, 0.29) is 60.9 Å². The fourth-order valence-corrected chi connectivity index (χ4v) is 9.90. The molecule has 4 aromatic heterocycles. The van der Waals surface area contributed by atoms with Crippen molar-refractivity contribution in [3.05, 3.63) is 70.2 Å². The van der Waals surface area contributed by atoms with Crippen molar-refractivity contribution in [1.29, 1.82) is 0 Å². The fraction of sp³-hybridized carbons (Fsp3) is 0.512. The Kier molecular flexibility index (Phi) is 10.8. The number of aromatic amines is 1. The van der Waals surface area contributed by atoms with Crippen LogP contribution < -0.4 is 21.2 Å². The number of morpholine rings is 1. The number of anilines is 2. The number of rotatable bonds is 10. The molecule has 4 aliphatic heterocycles. The molecule has 19 heteroatoms. The number of hydrogen-bond donors (Lipinski definition) is 3. The normalized spacial score (nSPS) is 24.6. The number of ether oxygens (including phenoxy) is 2. The van der Waals surface area contributed by atoms with E-state index in [0.717, 1.165) is 76.9 Å². The van der Waals surface area contributed by atoms with Crippen molar-refractivity contribution in [3.8, 4) is 11.8 Å². The zero-order valence-corrected chi connectivity index (χ0v) is 34.0. The summed E-state index contributed by atoms with van der Waals surface area (Å²) >= 11 is 0. The summed E-state index contributed by atoms with van der Waals surface area (Å²) in [5.74, 6) is 6.01. The molecule has 1 unspecified atom stereocenters. The number of amides is 3. The van der Waals surface area contributed by atoms with Crippen LogP contribution in [0.15, 0.2) is 47.7 Å². The highest BCUT2D eigenvalue weighted by molar-refractivity contribution is 6.08. The van der Waals surface area contributed by atoms with Crippen LogP contribution in [0.5, 0.6) is 0 Å². The number of carbonyl (C=O) groups excluding carboxylic acids is 3. The number of likely N-dealkylation sites (tertiary alicyclic amines) is 1. The van der Waals surface area contributed by atoms with Gasteiger partial charge < -0.3 is 29.6 Å².